The van der Waals surface area contributed by atoms with Crippen molar-refractivity contribution < 1.29 is 13.2 Å². The van der Waals surface area contributed by atoms with Crippen molar-refractivity contribution in [2.75, 3.05) is 0 Å². The summed E-state index contributed by atoms with van der Waals surface area (Å²) in [7, 11) is -2.33. The smallest absolute Gasteiger partial charge is 0.283 e. The summed E-state index contributed by atoms with van der Waals surface area (Å²) in [6.45, 7) is 3.53. The second kappa shape index (κ2) is 3.92. The second-order valence-electron chi connectivity index (χ2n) is 4.40. The summed E-state index contributed by atoms with van der Waals surface area (Å²) in [4.78, 5) is 15.5. The second-order valence-corrected chi connectivity index (χ2v) is 6.03. The minimum absolute atomic E-state index is 0.184. The first-order chi connectivity index (χ1) is 8.29. The Morgan fingerprint density at radius 2 is 2.44 bits per heavy atom. The van der Waals surface area contributed by atoms with E-state index in [-0.39, 0.29) is 10.9 Å². The van der Waals surface area contributed by atoms with E-state index in [1.165, 1.54) is 17.1 Å². The molecule has 7 nitrogen and oxygen atoms in total. The molecule has 0 saturated heterocycles. The zero-order chi connectivity index (χ0) is 13.6. The SMILES string of the molecule is C=C[C@@H]1CC1(N)C(=O)NS(=O)(=O)c1cn(C)cn1. The minimum Gasteiger partial charge on any atom is -0.339 e. The molecule has 1 unspecified atom stereocenters. The predicted molar refractivity (Wildman–Crippen MR) is 63.8 cm³/mol. The molecule has 0 bridgehead atoms. The normalized spacial score (nSPS) is 26.7. The van der Waals surface area contributed by atoms with Crippen molar-refractivity contribution >= 4 is 15.9 Å². The van der Waals surface area contributed by atoms with Gasteiger partial charge in [-0.25, -0.2) is 9.71 Å². The van der Waals surface area contributed by atoms with E-state index in [1.807, 2.05) is 4.72 Å². The number of hydrogen-bond acceptors (Lipinski definition) is 5. The molecule has 0 spiro atoms. The molecule has 18 heavy (non-hydrogen) atoms. The molecular formula is C10H14N4O3S. The van der Waals surface area contributed by atoms with Gasteiger partial charge in [-0.2, -0.15) is 8.42 Å². The van der Waals surface area contributed by atoms with Gasteiger partial charge in [0.15, 0.2) is 5.03 Å². The van der Waals surface area contributed by atoms with Crippen LogP contribution < -0.4 is 10.5 Å². The van der Waals surface area contributed by atoms with Crippen LogP contribution >= 0.6 is 0 Å². The van der Waals surface area contributed by atoms with Crippen molar-refractivity contribution in [2.24, 2.45) is 18.7 Å². The number of amides is 1. The van der Waals surface area contributed by atoms with E-state index < -0.39 is 21.5 Å². The maximum absolute atomic E-state index is 11.8. The average Bonchev–Trinajstić information content (AvgIpc) is 2.75. The number of nitrogens with zero attached hydrogens (tertiary/aromatic N) is 2. The summed E-state index contributed by atoms with van der Waals surface area (Å²) in [6.07, 6.45) is 4.59. The molecule has 0 aliphatic heterocycles. The first-order valence-corrected chi connectivity index (χ1v) is 6.74. The average molecular weight is 270 g/mol. The van der Waals surface area contributed by atoms with Gasteiger partial charge in [0.2, 0.25) is 0 Å². The van der Waals surface area contributed by atoms with Crippen LogP contribution in [0.25, 0.3) is 0 Å². The molecule has 1 aliphatic carbocycles. The lowest BCUT2D eigenvalue weighted by molar-refractivity contribution is -0.121. The van der Waals surface area contributed by atoms with Crippen LogP contribution in [-0.2, 0) is 21.9 Å². The Bertz CT molecular complexity index is 606. The van der Waals surface area contributed by atoms with Crippen LogP contribution in [0.1, 0.15) is 6.42 Å². The lowest BCUT2D eigenvalue weighted by atomic mass is 10.2. The first kappa shape index (κ1) is 12.8. The van der Waals surface area contributed by atoms with Gasteiger partial charge in [-0.1, -0.05) is 6.08 Å². The molecule has 1 aromatic rings. The summed E-state index contributed by atoms with van der Waals surface area (Å²) < 4.78 is 27.1. The van der Waals surface area contributed by atoms with E-state index >= 15 is 0 Å². The van der Waals surface area contributed by atoms with Crippen LogP contribution in [0, 0.1) is 5.92 Å². The zero-order valence-corrected chi connectivity index (χ0v) is 10.6. The molecule has 2 atom stereocenters. The van der Waals surface area contributed by atoms with Gasteiger partial charge < -0.3 is 10.3 Å². The van der Waals surface area contributed by atoms with Gasteiger partial charge >= 0.3 is 0 Å². The van der Waals surface area contributed by atoms with E-state index in [2.05, 4.69) is 11.6 Å². The maximum Gasteiger partial charge on any atom is 0.283 e. The Morgan fingerprint density at radius 1 is 1.78 bits per heavy atom. The maximum atomic E-state index is 11.8. The summed E-state index contributed by atoms with van der Waals surface area (Å²) in [5.41, 5.74) is 4.60. The van der Waals surface area contributed by atoms with Crippen molar-refractivity contribution in [3.05, 3.63) is 25.2 Å². The minimum atomic E-state index is -3.96. The van der Waals surface area contributed by atoms with Crippen LogP contribution in [-0.4, -0.2) is 29.4 Å². The van der Waals surface area contributed by atoms with Gasteiger partial charge in [-0.3, -0.25) is 4.79 Å². The Balaban J connectivity index is 2.15. The van der Waals surface area contributed by atoms with E-state index in [1.54, 1.807) is 13.1 Å². The van der Waals surface area contributed by atoms with Crippen LogP contribution in [0.15, 0.2) is 30.2 Å². The molecule has 1 aliphatic rings. The number of nitrogens with two attached hydrogens (primary N) is 1. The molecule has 1 saturated carbocycles. The van der Waals surface area contributed by atoms with Crippen LogP contribution in [0.5, 0.6) is 0 Å². The fourth-order valence-corrected chi connectivity index (χ4v) is 2.69. The molecule has 0 aromatic carbocycles. The van der Waals surface area contributed by atoms with Crippen molar-refractivity contribution in [3.63, 3.8) is 0 Å². The Hall–Kier alpha value is -1.67. The molecule has 1 fully saturated rings. The van der Waals surface area contributed by atoms with Crippen molar-refractivity contribution in [2.45, 2.75) is 17.0 Å². The lowest BCUT2D eigenvalue weighted by Crippen LogP contribution is -2.46. The molecule has 0 radical (unpaired) electrons. The van der Waals surface area contributed by atoms with Crippen molar-refractivity contribution in [3.8, 4) is 0 Å². The van der Waals surface area contributed by atoms with E-state index in [0.29, 0.717) is 6.42 Å². The first-order valence-electron chi connectivity index (χ1n) is 5.26. The number of aromatic nitrogens is 2. The number of carbonyl (C=O) groups excluding carboxylic acids is 1. The zero-order valence-electron chi connectivity index (χ0n) is 9.83. The number of rotatable bonds is 4. The van der Waals surface area contributed by atoms with Gasteiger partial charge in [0, 0.05) is 19.2 Å². The van der Waals surface area contributed by atoms with Gasteiger partial charge in [-0.15, -0.1) is 6.58 Å². The Labute approximate surface area is 105 Å². The highest BCUT2D eigenvalue weighted by molar-refractivity contribution is 7.90. The van der Waals surface area contributed by atoms with E-state index in [9.17, 15) is 13.2 Å². The quantitative estimate of drug-likeness (QED) is 0.691. The largest absolute Gasteiger partial charge is 0.339 e. The molecule has 3 N–H and O–H groups in total. The highest BCUT2D eigenvalue weighted by Crippen LogP contribution is 2.42. The topological polar surface area (TPSA) is 107 Å². The third kappa shape index (κ3) is 2.04. The summed E-state index contributed by atoms with van der Waals surface area (Å²) >= 11 is 0. The predicted octanol–water partition coefficient (Wildman–Crippen LogP) is -0.872. The van der Waals surface area contributed by atoms with Gasteiger partial charge in [0.25, 0.3) is 15.9 Å². The molecule has 2 rings (SSSR count). The van der Waals surface area contributed by atoms with Crippen molar-refractivity contribution in [1.29, 1.82) is 0 Å². The highest BCUT2D eigenvalue weighted by atomic mass is 32.2. The number of sulfonamides is 1. The Morgan fingerprint density at radius 3 is 2.89 bits per heavy atom. The fourth-order valence-electron chi connectivity index (χ4n) is 1.66. The summed E-state index contributed by atoms with van der Waals surface area (Å²) in [5.74, 6) is -0.908. The van der Waals surface area contributed by atoms with Crippen molar-refractivity contribution in [1.82, 2.24) is 14.3 Å². The molecule has 1 aromatic heterocycles. The number of nitrogens with one attached hydrogen (secondary N) is 1. The third-order valence-corrected chi connectivity index (χ3v) is 4.17. The van der Waals surface area contributed by atoms with Crippen LogP contribution in [0.4, 0.5) is 0 Å². The number of aryl methyl sites for hydroxylation is 1. The van der Waals surface area contributed by atoms with Crippen LogP contribution in [0.2, 0.25) is 0 Å². The van der Waals surface area contributed by atoms with Gasteiger partial charge in [-0.05, 0) is 6.42 Å². The third-order valence-electron chi connectivity index (χ3n) is 2.95. The molecule has 8 heteroatoms. The monoisotopic (exact) mass is 270 g/mol. The van der Waals surface area contributed by atoms with E-state index in [0.717, 1.165) is 0 Å². The van der Waals surface area contributed by atoms with Gasteiger partial charge in [0.05, 0.1) is 6.33 Å². The van der Waals surface area contributed by atoms with Crippen LogP contribution in [0.3, 0.4) is 0 Å². The summed E-state index contributed by atoms with van der Waals surface area (Å²) in [5, 5.41) is -0.210. The highest BCUT2D eigenvalue weighted by Gasteiger charge is 2.56. The number of carbonyl (C=O) groups is 1. The lowest BCUT2D eigenvalue weighted by Gasteiger charge is -2.10. The number of imidazole rings is 1. The van der Waals surface area contributed by atoms with E-state index in [4.69, 9.17) is 5.73 Å². The molecule has 98 valence electrons. The Kier molecular flexibility index (Phi) is 2.78. The molecule has 1 heterocycles. The van der Waals surface area contributed by atoms with Gasteiger partial charge in [0.1, 0.15) is 5.54 Å². The molecular weight excluding hydrogens is 256 g/mol. The summed E-state index contributed by atoms with van der Waals surface area (Å²) in [6, 6.07) is 0. The fraction of sp³-hybridized carbons (Fsp3) is 0.400. The molecule has 1 amide bonds. The standard InChI is InChI=1S/C10H14N4O3S/c1-3-7-4-10(7,11)9(15)13-18(16,17)8-5-14(2)6-12-8/h3,5-7H,1,4,11H2,2H3,(H,13,15)/t7-,10?/m1/s1. The number of hydrogen-bond donors (Lipinski definition) is 2.